The molecule has 0 aliphatic carbocycles. The Hall–Kier alpha value is -3.66. The number of rotatable bonds is 6. The van der Waals surface area contributed by atoms with Crippen molar-refractivity contribution in [3.63, 3.8) is 0 Å². The van der Waals surface area contributed by atoms with Crippen LogP contribution in [0.5, 0.6) is 5.75 Å². The maximum absolute atomic E-state index is 13.3. The molecule has 0 bridgehead atoms. The molecule has 2 unspecified atom stereocenters. The Morgan fingerprint density at radius 3 is 2.57 bits per heavy atom. The highest BCUT2D eigenvalue weighted by Gasteiger charge is 2.45. The molecule has 1 aliphatic heterocycles. The van der Waals surface area contributed by atoms with Gasteiger partial charge in [-0.3, -0.25) is 14.4 Å². The highest BCUT2D eigenvalue weighted by molar-refractivity contribution is 6.23. The first kappa shape index (κ1) is 21.1. The monoisotopic (exact) mass is 405 g/mol. The van der Waals surface area contributed by atoms with Crippen LogP contribution in [0.15, 0.2) is 48.5 Å². The summed E-state index contributed by atoms with van der Waals surface area (Å²) in [6.07, 6.45) is 0.545. The van der Waals surface area contributed by atoms with Gasteiger partial charge < -0.3 is 9.64 Å². The topological polar surface area (TPSA) is 90.7 Å². The quantitative estimate of drug-likeness (QED) is 0.689. The van der Waals surface area contributed by atoms with Crippen LogP contribution in [0.25, 0.3) is 0 Å². The average Bonchev–Trinajstić information content (AvgIpc) is 3.07. The van der Waals surface area contributed by atoms with Crippen LogP contribution in [-0.2, 0) is 9.59 Å². The normalized spacial score (nSPS) is 16.9. The van der Waals surface area contributed by atoms with Crippen LogP contribution < -0.4 is 9.64 Å². The molecule has 2 atom stereocenters. The fraction of sp³-hybridized carbons (Fsp3) is 0.304. The molecular formula is C23H23N3O4. The zero-order valence-corrected chi connectivity index (χ0v) is 17.2. The Morgan fingerprint density at radius 2 is 1.97 bits per heavy atom. The molecule has 2 aromatic rings. The van der Waals surface area contributed by atoms with Gasteiger partial charge in [-0.05, 0) is 55.8 Å². The summed E-state index contributed by atoms with van der Waals surface area (Å²) in [7, 11) is 1.52. The highest BCUT2D eigenvalue weighted by atomic mass is 16.5. The van der Waals surface area contributed by atoms with Crippen LogP contribution in [-0.4, -0.2) is 41.8 Å². The van der Waals surface area contributed by atoms with E-state index in [2.05, 4.69) is 0 Å². The van der Waals surface area contributed by atoms with E-state index in [1.54, 1.807) is 48.5 Å². The molecule has 1 saturated heterocycles. The minimum atomic E-state index is -0.887. The van der Waals surface area contributed by atoms with E-state index in [-0.39, 0.29) is 24.3 Å². The Bertz CT molecular complexity index is 1010. The molecule has 0 saturated carbocycles. The fourth-order valence-corrected chi connectivity index (χ4v) is 3.54. The Kier molecular flexibility index (Phi) is 6.17. The van der Waals surface area contributed by atoms with E-state index < -0.39 is 11.9 Å². The molecule has 0 radical (unpaired) electrons. The number of methoxy groups -OCH3 is 1. The van der Waals surface area contributed by atoms with E-state index in [0.717, 1.165) is 4.90 Å². The highest BCUT2D eigenvalue weighted by Crippen LogP contribution is 2.29. The third kappa shape index (κ3) is 3.90. The van der Waals surface area contributed by atoms with Gasteiger partial charge in [0, 0.05) is 11.6 Å². The zero-order valence-electron chi connectivity index (χ0n) is 17.2. The number of anilines is 1. The standard InChI is InChI=1S/C23H23N3O4/c1-4-15(2)25(22(28)17-6-5-7-19(12-17)30-3)20-13-21(27)26(23(20)29)18-10-8-16(14-24)9-11-18/h5-12,15,20H,4,13H2,1-3H3. The van der Waals surface area contributed by atoms with Gasteiger partial charge in [0.2, 0.25) is 5.91 Å². The largest absolute Gasteiger partial charge is 0.497 e. The number of nitrogens with zero attached hydrogens (tertiary/aromatic N) is 3. The summed E-state index contributed by atoms with van der Waals surface area (Å²) in [6, 6.07) is 13.8. The average molecular weight is 405 g/mol. The summed E-state index contributed by atoms with van der Waals surface area (Å²) in [6.45, 7) is 3.79. The van der Waals surface area contributed by atoms with Crippen molar-refractivity contribution in [2.24, 2.45) is 0 Å². The van der Waals surface area contributed by atoms with E-state index >= 15 is 0 Å². The van der Waals surface area contributed by atoms with Crippen LogP contribution in [0.4, 0.5) is 5.69 Å². The number of carbonyl (C=O) groups is 3. The number of hydrogen-bond acceptors (Lipinski definition) is 5. The minimum Gasteiger partial charge on any atom is -0.497 e. The summed E-state index contributed by atoms with van der Waals surface area (Å²) in [5.41, 5.74) is 1.22. The van der Waals surface area contributed by atoms with Crippen molar-refractivity contribution in [3.05, 3.63) is 59.7 Å². The Balaban J connectivity index is 1.94. The van der Waals surface area contributed by atoms with Crippen molar-refractivity contribution in [3.8, 4) is 11.8 Å². The van der Waals surface area contributed by atoms with Crippen LogP contribution in [0, 0.1) is 11.3 Å². The lowest BCUT2D eigenvalue weighted by molar-refractivity contribution is -0.122. The summed E-state index contributed by atoms with van der Waals surface area (Å²) in [5.74, 6) is -0.600. The number of nitriles is 1. The molecule has 0 aromatic heterocycles. The van der Waals surface area contributed by atoms with Gasteiger partial charge in [0.15, 0.2) is 0 Å². The van der Waals surface area contributed by atoms with Gasteiger partial charge in [0.1, 0.15) is 11.8 Å². The SMILES string of the molecule is CCC(C)N(C(=O)c1cccc(OC)c1)C1CC(=O)N(c2ccc(C#N)cc2)C1=O. The molecule has 30 heavy (non-hydrogen) atoms. The van der Waals surface area contributed by atoms with Crippen molar-refractivity contribution in [1.82, 2.24) is 4.90 Å². The first-order valence-electron chi connectivity index (χ1n) is 9.75. The number of hydrogen-bond donors (Lipinski definition) is 0. The van der Waals surface area contributed by atoms with Gasteiger partial charge in [-0.2, -0.15) is 5.26 Å². The van der Waals surface area contributed by atoms with Crippen LogP contribution >= 0.6 is 0 Å². The van der Waals surface area contributed by atoms with Crippen LogP contribution in [0.3, 0.4) is 0 Å². The molecular weight excluding hydrogens is 382 g/mol. The molecule has 0 spiro atoms. The fourth-order valence-electron chi connectivity index (χ4n) is 3.54. The third-order valence-corrected chi connectivity index (χ3v) is 5.33. The van der Waals surface area contributed by atoms with Crippen molar-refractivity contribution in [1.29, 1.82) is 5.26 Å². The second-order valence-electron chi connectivity index (χ2n) is 7.15. The van der Waals surface area contributed by atoms with E-state index in [1.807, 2.05) is 19.9 Å². The second-order valence-corrected chi connectivity index (χ2v) is 7.15. The lowest BCUT2D eigenvalue weighted by Gasteiger charge is -2.33. The maximum atomic E-state index is 13.3. The second kappa shape index (κ2) is 8.78. The lowest BCUT2D eigenvalue weighted by atomic mass is 10.1. The van der Waals surface area contributed by atoms with Gasteiger partial charge in [-0.25, -0.2) is 4.90 Å². The van der Waals surface area contributed by atoms with E-state index in [1.165, 1.54) is 12.0 Å². The van der Waals surface area contributed by atoms with E-state index in [9.17, 15) is 14.4 Å². The number of carbonyl (C=O) groups excluding carboxylic acids is 3. The van der Waals surface area contributed by atoms with Crippen molar-refractivity contribution in [2.75, 3.05) is 12.0 Å². The summed E-state index contributed by atoms with van der Waals surface area (Å²) >= 11 is 0. The smallest absolute Gasteiger partial charge is 0.257 e. The van der Waals surface area contributed by atoms with Gasteiger partial charge in [-0.15, -0.1) is 0 Å². The molecule has 154 valence electrons. The number of amides is 3. The number of benzene rings is 2. The third-order valence-electron chi connectivity index (χ3n) is 5.33. The van der Waals surface area contributed by atoms with Crippen molar-refractivity contribution >= 4 is 23.4 Å². The predicted octanol–water partition coefficient (Wildman–Crippen LogP) is 3.14. The molecule has 7 heteroatoms. The first-order valence-corrected chi connectivity index (χ1v) is 9.75. The lowest BCUT2D eigenvalue weighted by Crippen LogP contribution is -2.49. The molecule has 1 heterocycles. The molecule has 2 aromatic carbocycles. The van der Waals surface area contributed by atoms with Gasteiger partial charge in [-0.1, -0.05) is 13.0 Å². The minimum absolute atomic E-state index is 0.0844. The van der Waals surface area contributed by atoms with Crippen LogP contribution in [0.2, 0.25) is 0 Å². The summed E-state index contributed by atoms with van der Waals surface area (Å²) < 4.78 is 5.21. The molecule has 7 nitrogen and oxygen atoms in total. The Morgan fingerprint density at radius 1 is 1.27 bits per heavy atom. The van der Waals surface area contributed by atoms with Gasteiger partial charge in [0.05, 0.1) is 30.9 Å². The van der Waals surface area contributed by atoms with E-state index in [4.69, 9.17) is 10.00 Å². The molecule has 1 fully saturated rings. The van der Waals surface area contributed by atoms with E-state index in [0.29, 0.717) is 29.0 Å². The summed E-state index contributed by atoms with van der Waals surface area (Å²) in [4.78, 5) is 41.8. The van der Waals surface area contributed by atoms with Gasteiger partial charge >= 0.3 is 0 Å². The van der Waals surface area contributed by atoms with Crippen molar-refractivity contribution < 1.29 is 19.1 Å². The number of imide groups is 1. The number of ether oxygens (including phenoxy) is 1. The molecule has 3 amide bonds. The van der Waals surface area contributed by atoms with Gasteiger partial charge in [0.25, 0.3) is 11.8 Å². The molecule has 3 rings (SSSR count). The Labute approximate surface area is 175 Å². The molecule has 1 aliphatic rings. The predicted molar refractivity (Wildman–Crippen MR) is 111 cm³/mol. The van der Waals surface area contributed by atoms with Crippen LogP contribution in [0.1, 0.15) is 42.6 Å². The molecule has 0 N–H and O–H groups in total. The summed E-state index contributed by atoms with van der Waals surface area (Å²) in [5, 5.41) is 8.96. The maximum Gasteiger partial charge on any atom is 0.257 e. The zero-order chi connectivity index (χ0) is 21.8. The van der Waals surface area contributed by atoms with Crippen molar-refractivity contribution in [2.45, 2.75) is 38.8 Å². The first-order chi connectivity index (χ1) is 14.4.